The minimum Gasteiger partial charge on any atom is -0.724 e. The van der Waals surface area contributed by atoms with Gasteiger partial charge in [-0.1, -0.05) is 52.0 Å². The van der Waals surface area contributed by atoms with Gasteiger partial charge in [0.05, 0.1) is 53.7 Å². The molecule has 5 rings (SSSR count). The monoisotopic (exact) mass is 743 g/mol. The Balaban J connectivity index is 0.00000158. The van der Waals surface area contributed by atoms with E-state index in [9.17, 15) is 9.18 Å². The van der Waals surface area contributed by atoms with Crippen LogP contribution in [0.25, 0.3) is 22.3 Å². The zero-order chi connectivity index (χ0) is 37.9. The second-order valence-electron chi connectivity index (χ2n) is 10.1. The number of methoxy groups -OCH3 is 2. The SMILES string of the molecule is CC.CC.COC(=O)c1ccc2nc(Cc3ccc(-c4cccc(OCc5ccc(C#N)cc5F)n4)cc3F)n(CC(CN)OC)c2c1.CO[O-].[K+]. The summed E-state index contributed by atoms with van der Waals surface area (Å²) in [6, 6.07) is 21.0. The first-order chi connectivity index (χ1) is 24.7. The predicted octanol–water partition coefficient (Wildman–Crippen LogP) is 3.14. The summed E-state index contributed by atoms with van der Waals surface area (Å²) in [5.74, 6) is -0.659. The van der Waals surface area contributed by atoms with Crippen LogP contribution in [0.4, 0.5) is 8.78 Å². The number of benzene rings is 3. The molecule has 0 amide bonds. The van der Waals surface area contributed by atoms with E-state index in [0.717, 1.165) is 13.2 Å². The standard InChI is InChI=1S/C33H29F2N5O4.2C2H6.CH4O2.K/c1-42-25(17-37)18-40-30-14-23(33(41)43-2)10-11-29(30)38-31(40)15-21-8-9-22(13-27(21)35)28-4-3-5-32(39-28)44-19-24-7-6-20(16-36)12-26(24)34;2*1-2;1-3-2;/h3-14,25H,15,17-19,37H2,1-2H3;2*1-2H3;2H,1H3;/q;;;;+1/p-1. The topological polar surface area (TPSA) is 158 Å². The molecule has 0 aliphatic carbocycles. The van der Waals surface area contributed by atoms with Gasteiger partial charge in [0.2, 0.25) is 5.88 Å². The van der Waals surface area contributed by atoms with Crippen molar-refractivity contribution in [2.24, 2.45) is 5.73 Å². The van der Waals surface area contributed by atoms with Crippen molar-refractivity contribution < 1.29 is 89.3 Å². The smallest absolute Gasteiger partial charge is 0.724 e. The Labute approximate surface area is 346 Å². The number of nitrogens with zero attached hydrogens (tertiary/aromatic N) is 4. The first-order valence-electron chi connectivity index (χ1n) is 16.3. The summed E-state index contributed by atoms with van der Waals surface area (Å²) >= 11 is 0. The Bertz CT molecular complexity index is 1900. The van der Waals surface area contributed by atoms with E-state index in [1.165, 1.54) is 25.3 Å². The molecule has 2 heterocycles. The van der Waals surface area contributed by atoms with Gasteiger partial charge in [0.15, 0.2) is 0 Å². The van der Waals surface area contributed by atoms with Crippen molar-refractivity contribution in [3.63, 3.8) is 0 Å². The van der Waals surface area contributed by atoms with Crippen LogP contribution in [0.2, 0.25) is 0 Å². The number of rotatable bonds is 11. The number of fused-ring (bicyclic) bond motifs is 1. The summed E-state index contributed by atoms with van der Waals surface area (Å²) in [6.45, 7) is 8.53. The fraction of sp³-hybridized carbons (Fsp3) is 0.316. The van der Waals surface area contributed by atoms with Crippen molar-refractivity contribution >= 4 is 17.0 Å². The molecule has 2 N–H and O–H groups in total. The molecule has 0 radical (unpaired) electrons. The molecule has 0 fully saturated rings. The van der Waals surface area contributed by atoms with Gasteiger partial charge in [0.1, 0.15) is 24.1 Å². The van der Waals surface area contributed by atoms with Gasteiger partial charge < -0.3 is 34.7 Å². The largest absolute Gasteiger partial charge is 1.00 e. The number of esters is 1. The molecule has 11 nitrogen and oxygen atoms in total. The number of hydrogen-bond acceptors (Lipinski definition) is 10. The van der Waals surface area contributed by atoms with E-state index >= 15 is 4.39 Å². The Kier molecular flexibility index (Phi) is 21.9. The van der Waals surface area contributed by atoms with Crippen molar-refractivity contribution in [3.05, 3.63) is 113 Å². The van der Waals surface area contributed by atoms with Gasteiger partial charge in [0.25, 0.3) is 0 Å². The molecule has 272 valence electrons. The van der Waals surface area contributed by atoms with E-state index in [1.54, 1.807) is 55.6 Å². The summed E-state index contributed by atoms with van der Waals surface area (Å²) in [7, 11) is 3.95. The van der Waals surface area contributed by atoms with Crippen LogP contribution in [-0.2, 0) is 33.9 Å². The molecule has 0 bridgehead atoms. The quantitative estimate of drug-likeness (QED) is 0.0923. The minimum atomic E-state index is -0.545. The number of carbonyl (C=O) groups is 1. The molecular formula is C38H44F2KN5O6. The van der Waals surface area contributed by atoms with E-state index in [2.05, 4.69) is 9.87 Å². The zero-order valence-corrected chi connectivity index (χ0v) is 34.0. The van der Waals surface area contributed by atoms with Crippen molar-refractivity contribution in [2.75, 3.05) is 27.9 Å². The van der Waals surface area contributed by atoms with Crippen LogP contribution in [0.15, 0.2) is 72.8 Å². The molecule has 0 aliphatic heterocycles. The molecule has 52 heavy (non-hydrogen) atoms. The number of pyridine rings is 1. The summed E-state index contributed by atoms with van der Waals surface area (Å²) in [4.78, 5) is 24.4. The van der Waals surface area contributed by atoms with Crippen molar-refractivity contribution in [3.8, 4) is 23.2 Å². The Hall–Kier alpha value is -3.62. The second-order valence-corrected chi connectivity index (χ2v) is 10.1. The summed E-state index contributed by atoms with van der Waals surface area (Å²) in [6.07, 6.45) is -0.156. The number of carbonyl (C=O) groups excluding carboxylic acids is 1. The molecule has 0 aliphatic rings. The summed E-state index contributed by atoms with van der Waals surface area (Å²) in [5, 5.41) is 17.4. The number of hydrogen-bond donors (Lipinski definition) is 1. The average Bonchev–Trinajstić information content (AvgIpc) is 3.51. The maximum atomic E-state index is 15.5. The van der Waals surface area contributed by atoms with Gasteiger partial charge in [-0.15, -0.1) is 0 Å². The fourth-order valence-corrected chi connectivity index (χ4v) is 4.77. The van der Waals surface area contributed by atoms with Gasteiger partial charge in [0, 0.05) is 44.4 Å². The normalized spacial score (nSPS) is 10.5. The van der Waals surface area contributed by atoms with Crippen LogP contribution in [-0.4, -0.2) is 54.5 Å². The Morgan fingerprint density at radius 2 is 1.62 bits per heavy atom. The number of ether oxygens (including phenoxy) is 3. The van der Waals surface area contributed by atoms with Crippen LogP contribution in [0.5, 0.6) is 5.88 Å². The number of halogens is 2. The molecular weight excluding hydrogens is 700 g/mol. The van der Waals surface area contributed by atoms with Crippen LogP contribution in [0, 0.1) is 23.0 Å². The maximum Gasteiger partial charge on any atom is 1.00 e. The number of aromatic nitrogens is 3. The average molecular weight is 744 g/mol. The van der Waals surface area contributed by atoms with Gasteiger partial charge in [-0.05, 0) is 48.0 Å². The van der Waals surface area contributed by atoms with Crippen molar-refractivity contribution in [2.45, 2.75) is 53.4 Å². The second kappa shape index (κ2) is 24.6. The molecule has 1 unspecified atom stereocenters. The minimum absolute atomic E-state index is 0. The molecule has 1 atom stereocenters. The molecule has 0 spiro atoms. The third-order valence-corrected chi connectivity index (χ3v) is 7.21. The third kappa shape index (κ3) is 12.8. The fourth-order valence-electron chi connectivity index (χ4n) is 4.77. The van der Waals surface area contributed by atoms with Gasteiger partial charge in [-0.3, -0.25) is 0 Å². The van der Waals surface area contributed by atoms with E-state index in [0.29, 0.717) is 45.8 Å². The van der Waals surface area contributed by atoms with E-state index < -0.39 is 17.6 Å². The molecule has 14 heteroatoms. The number of imidazole rings is 1. The number of nitrogens with two attached hydrogens (primary N) is 1. The van der Waals surface area contributed by atoms with E-state index in [1.807, 2.05) is 38.3 Å². The summed E-state index contributed by atoms with van der Waals surface area (Å²) in [5.41, 5.74) is 9.47. The predicted molar refractivity (Wildman–Crippen MR) is 189 cm³/mol. The molecule has 0 saturated heterocycles. The van der Waals surface area contributed by atoms with Crippen LogP contribution < -0.4 is 67.1 Å². The van der Waals surface area contributed by atoms with Gasteiger partial charge in [-0.25, -0.2) is 23.5 Å². The summed E-state index contributed by atoms with van der Waals surface area (Å²) < 4.78 is 47.7. The van der Waals surface area contributed by atoms with Crippen molar-refractivity contribution in [1.29, 1.82) is 5.26 Å². The molecule has 0 saturated carbocycles. The molecule has 5 aromatic rings. The van der Waals surface area contributed by atoms with Crippen LogP contribution in [0.3, 0.4) is 0 Å². The first kappa shape index (κ1) is 46.4. The molecule has 2 aromatic heterocycles. The van der Waals surface area contributed by atoms with Crippen molar-refractivity contribution in [1.82, 2.24) is 14.5 Å². The Morgan fingerprint density at radius 3 is 2.21 bits per heavy atom. The third-order valence-electron chi connectivity index (χ3n) is 7.21. The molecule has 3 aromatic carbocycles. The maximum absolute atomic E-state index is 15.5. The van der Waals surface area contributed by atoms with Gasteiger partial charge >= 0.3 is 57.4 Å². The number of nitriles is 1. The van der Waals surface area contributed by atoms with E-state index in [4.69, 9.17) is 35.4 Å². The Morgan fingerprint density at radius 1 is 0.942 bits per heavy atom. The zero-order valence-electron chi connectivity index (χ0n) is 30.9. The first-order valence-corrected chi connectivity index (χ1v) is 16.3. The van der Waals surface area contributed by atoms with E-state index in [-0.39, 0.29) is 94.1 Å². The van der Waals surface area contributed by atoms with Crippen LogP contribution >= 0.6 is 0 Å². The van der Waals surface area contributed by atoms with Gasteiger partial charge in [-0.2, -0.15) is 5.26 Å². The van der Waals surface area contributed by atoms with Crippen LogP contribution in [0.1, 0.15) is 60.6 Å².